The van der Waals surface area contributed by atoms with Crippen molar-refractivity contribution in [2.45, 2.75) is 91.0 Å². The van der Waals surface area contributed by atoms with Crippen LogP contribution < -0.4 is 16.4 Å². The third-order valence-electron chi connectivity index (χ3n) is 4.90. The SMILES string of the molecule is CCCCNC(=O)C(c1ccc(O)cc1)N(C(=O)C(CC(N)=O)NC(=O)OC(C)(C)C)C(C)(C)C. The van der Waals surface area contributed by atoms with E-state index in [4.69, 9.17) is 10.5 Å². The molecule has 0 aromatic heterocycles. The van der Waals surface area contributed by atoms with Crippen LogP contribution in [0.25, 0.3) is 0 Å². The van der Waals surface area contributed by atoms with Crippen LogP contribution in [0, 0.1) is 0 Å². The molecule has 0 saturated heterocycles. The second-order valence-corrected chi connectivity index (χ2v) is 10.4. The monoisotopic (exact) mass is 492 g/mol. The number of nitrogens with zero attached hydrogens (tertiary/aromatic N) is 1. The summed E-state index contributed by atoms with van der Waals surface area (Å²) in [5, 5.41) is 15.0. The molecule has 0 bridgehead atoms. The van der Waals surface area contributed by atoms with Gasteiger partial charge in [0.15, 0.2) is 0 Å². The van der Waals surface area contributed by atoms with Gasteiger partial charge in [-0.05, 0) is 65.7 Å². The molecule has 0 aliphatic carbocycles. The number of carbonyl (C=O) groups excluding carboxylic acids is 4. The van der Waals surface area contributed by atoms with Gasteiger partial charge in [0.25, 0.3) is 0 Å². The topological polar surface area (TPSA) is 151 Å². The molecule has 1 aromatic carbocycles. The lowest BCUT2D eigenvalue weighted by molar-refractivity contribution is -0.149. The Morgan fingerprint density at radius 1 is 1.06 bits per heavy atom. The molecule has 2 unspecified atom stereocenters. The molecule has 35 heavy (non-hydrogen) atoms. The summed E-state index contributed by atoms with van der Waals surface area (Å²) in [7, 11) is 0. The molecule has 1 rings (SSSR count). The first-order valence-electron chi connectivity index (χ1n) is 11.7. The van der Waals surface area contributed by atoms with Gasteiger partial charge in [-0.2, -0.15) is 0 Å². The van der Waals surface area contributed by atoms with Gasteiger partial charge in [0.05, 0.1) is 6.42 Å². The zero-order valence-corrected chi connectivity index (χ0v) is 21.8. The summed E-state index contributed by atoms with van der Waals surface area (Å²) in [6.45, 7) is 12.6. The van der Waals surface area contributed by atoms with Crippen molar-refractivity contribution < 1.29 is 29.0 Å². The van der Waals surface area contributed by atoms with E-state index in [1.165, 1.54) is 17.0 Å². The Morgan fingerprint density at radius 3 is 2.09 bits per heavy atom. The lowest BCUT2D eigenvalue weighted by atomic mass is 9.94. The van der Waals surface area contributed by atoms with Gasteiger partial charge in [0.2, 0.25) is 17.7 Å². The Morgan fingerprint density at radius 2 is 1.63 bits per heavy atom. The summed E-state index contributed by atoms with van der Waals surface area (Å²) in [4.78, 5) is 52.8. The molecule has 0 aliphatic heterocycles. The highest BCUT2D eigenvalue weighted by Crippen LogP contribution is 2.31. The van der Waals surface area contributed by atoms with Crippen LogP contribution in [0.1, 0.15) is 79.3 Å². The van der Waals surface area contributed by atoms with Crippen molar-refractivity contribution in [2.75, 3.05) is 6.54 Å². The van der Waals surface area contributed by atoms with E-state index in [1.54, 1.807) is 53.7 Å². The number of amides is 4. The number of hydrogen-bond acceptors (Lipinski definition) is 6. The van der Waals surface area contributed by atoms with E-state index in [1.807, 2.05) is 6.92 Å². The fourth-order valence-corrected chi connectivity index (χ4v) is 3.42. The second kappa shape index (κ2) is 12.4. The van der Waals surface area contributed by atoms with Gasteiger partial charge < -0.3 is 31.1 Å². The normalized spacial score (nSPS) is 13.3. The first-order chi connectivity index (χ1) is 16.1. The first kappa shape index (κ1) is 29.7. The largest absolute Gasteiger partial charge is 0.508 e. The summed E-state index contributed by atoms with van der Waals surface area (Å²) < 4.78 is 5.26. The Hall–Kier alpha value is -3.30. The Balaban J connectivity index is 3.50. The van der Waals surface area contributed by atoms with Crippen LogP contribution in [0.2, 0.25) is 0 Å². The van der Waals surface area contributed by atoms with Gasteiger partial charge in [-0.25, -0.2) is 4.79 Å². The number of rotatable bonds is 10. The fraction of sp³-hybridized carbons (Fsp3) is 0.600. The Labute approximate surface area is 207 Å². The highest BCUT2D eigenvalue weighted by atomic mass is 16.6. The van der Waals surface area contributed by atoms with E-state index in [-0.39, 0.29) is 5.75 Å². The predicted octanol–water partition coefficient (Wildman–Crippen LogP) is 2.75. The highest BCUT2D eigenvalue weighted by Gasteiger charge is 2.42. The number of alkyl carbamates (subject to hydrolysis) is 1. The maximum absolute atomic E-state index is 13.9. The molecule has 5 N–H and O–H groups in total. The van der Waals surface area contributed by atoms with Crippen LogP contribution >= 0.6 is 0 Å². The highest BCUT2D eigenvalue weighted by molar-refractivity contribution is 5.95. The smallest absolute Gasteiger partial charge is 0.408 e. The minimum Gasteiger partial charge on any atom is -0.508 e. The third-order valence-corrected chi connectivity index (χ3v) is 4.90. The average Bonchev–Trinajstić information content (AvgIpc) is 2.69. The second-order valence-electron chi connectivity index (χ2n) is 10.4. The zero-order chi connectivity index (χ0) is 27.0. The number of carbonyl (C=O) groups is 4. The number of unbranched alkanes of at least 4 members (excludes halogenated alkanes) is 1. The first-order valence-corrected chi connectivity index (χ1v) is 11.7. The summed E-state index contributed by atoms with van der Waals surface area (Å²) in [6.07, 6.45) is 0.249. The van der Waals surface area contributed by atoms with Crippen molar-refractivity contribution >= 4 is 23.8 Å². The Kier molecular flexibility index (Phi) is 10.5. The quantitative estimate of drug-likeness (QED) is 0.369. The molecule has 0 aliphatic rings. The number of benzene rings is 1. The summed E-state index contributed by atoms with van der Waals surface area (Å²) in [5.41, 5.74) is 4.09. The molecule has 1 aromatic rings. The van der Waals surface area contributed by atoms with Crippen molar-refractivity contribution in [1.29, 1.82) is 0 Å². The number of primary amides is 1. The van der Waals surface area contributed by atoms with Crippen molar-refractivity contribution in [3.05, 3.63) is 29.8 Å². The summed E-state index contributed by atoms with van der Waals surface area (Å²) in [5.74, 6) is -1.90. The summed E-state index contributed by atoms with van der Waals surface area (Å²) in [6, 6.07) is 3.49. The standard InChI is InChI=1S/C25H40N4O6/c1-8-9-14-27-21(32)20(16-10-12-17(30)13-11-16)29(24(2,3)4)22(33)18(15-19(26)31)28-23(34)35-25(5,6)7/h10-13,18,20,30H,8-9,14-15H2,1-7H3,(H2,26,31)(H,27,32)(H,28,34). The molecular weight excluding hydrogens is 452 g/mol. The molecule has 0 radical (unpaired) electrons. The number of nitrogens with two attached hydrogens (primary N) is 1. The van der Waals surface area contributed by atoms with E-state index in [9.17, 15) is 24.3 Å². The molecule has 0 heterocycles. The summed E-state index contributed by atoms with van der Waals surface area (Å²) >= 11 is 0. The zero-order valence-electron chi connectivity index (χ0n) is 21.8. The van der Waals surface area contributed by atoms with Crippen LogP contribution in [0.15, 0.2) is 24.3 Å². The van der Waals surface area contributed by atoms with Crippen molar-refractivity contribution in [2.24, 2.45) is 5.73 Å². The Bertz CT molecular complexity index is 887. The average molecular weight is 493 g/mol. The number of phenols is 1. The van der Waals surface area contributed by atoms with Crippen molar-refractivity contribution in [3.8, 4) is 5.75 Å². The number of nitrogens with one attached hydrogen (secondary N) is 2. The fourth-order valence-electron chi connectivity index (χ4n) is 3.42. The number of aromatic hydroxyl groups is 1. The van der Waals surface area contributed by atoms with Gasteiger partial charge in [-0.3, -0.25) is 14.4 Å². The van der Waals surface area contributed by atoms with E-state index >= 15 is 0 Å². The van der Waals surface area contributed by atoms with Gasteiger partial charge in [-0.1, -0.05) is 25.5 Å². The molecule has 0 saturated carbocycles. The van der Waals surface area contributed by atoms with Crippen LogP contribution in [0.5, 0.6) is 5.75 Å². The molecule has 10 nitrogen and oxygen atoms in total. The maximum atomic E-state index is 13.9. The molecule has 2 atom stereocenters. The van der Waals surface area contributed by atoms with E-state index in [0.717, 1.165) is 12.8 Å². The van der Waals surface area contributed by atoms with Gasteiger partial charge >= 0.3 is 6.09 Å². The number of hydrogen-bond donors (Lipinski definition) is 4. The van der Waals surface area contributed by atoms with E-state index < -0.39 is 53.5 Å². The van der Waals surface area contributed by atoms with Crippen LogP contribution in [-0.4, -0.2) is 57.5 Å². The third kappa shape index (κ3) is 9.84. The lowest BCUT2D eigenvalue weighted by Gasteiger charge is -2.43. The molecule has 0 fully saturated rings. The predicted molar refractivity (Wildman–Crippen MR) is 132 cm³/mol. The minimum absolute atomic E-state index is 0.00530. The van der Waals surface area contributed by atoms with Gasteiger partial charge in [0.1, 0.15) is 23.4 Å². The molecule has 4 amide bonds. The number of ether oxygens (including phenoxy) is 1. The lowest BCUT2D eigenvalue weighted by Crippen LogP contribution is -2.59. The molecule has 10 heteroatoms. The van der Waals surface area contributed by atoms with E-state index in [0.29, 0.717) is 12.1 Å². The van der Waals surface area contributed by atoms with Crippen molar-refractivity contribution in [1.82, 2.24) is 15.5 Å². The van der Waals surface area contributed by atoms with Crippen LogP contribution in [0.3, 0.4) is 0 Å². The van der Waals surface area contributed by atoms with Crippen molar-refractivity contribution in [3.63, 3.8) is 0 Å². The van der Waals surface area contributed by atoms with Crippen LogP contribution in [0.4, 0.5) is 4.79 Å². The minimum atomic E-state index is -1.36. The van der Waals surface area contributed by atoms with E-state index in [2.05, 4.69) is 10.6 Å². The molecule has 196 valence electrons. The van der Waals surface area contributed by atoms with Gasteiger partial charge in [0, 0.05) is 12.1 Å². The van der Waals surface area contributed by atoms with Gasteiger partial charge in [-0.15, -0.1) is 0 Å². The maximum Gasteiger partial charge on any atom is 0.408 e. The number of phenolic OH excluding ortho intramolecular Hbond substituents is 1. The molecular formula is C25H40N4O6. The molecule has 0 spiro atoms. The van der Waals surface area contributed by atoms with Crippen LogP contribution in [-0.2, 0) is 19.1 Å².